The summed E-state index contributed by atoms with van der Waals surface area (Å²) in [6.45, 7) is 2.03. The second-order valence-corrected chi connectivity index (χ2v) is 4.80. The third-order valence-electron chi connectivity index (χ3n) is 3.24. The van der Waals surface area contributed by atoms with Crippen LogP contribution in [0, 0.1) is 0 Å². The van der Waals surface area contributed by atoms with E-state index in [-0.39, 0.29) is 5.91 Å². The molecule has 3 heteroatoms. The number of amides is 1. The molecule has 3 nitrogen and oxygen atoms in total. The lowest BCUT2D eigenvalue weighted by atomic mass is 10.1. The molecule has 108 valence electrons. The predicted octanol–water partition coefficient (Wildman–Crippen LogP) is 3.55. The number of nitrogens with one attached hydrogen (secondary N) is 1. The third kappa shape index (κ3) is 4.88. The maximum atomic E-state index is 11.8. The summed E-state index contributed by atoms with van der Waals surface area (Å²) < 4.78 is 0. The van der Waals surface area contributed by atoms with Crippen molar-refractivity contribution in [3.05, 3.63) is 71.8 Å². The molecule has 0 saturated carbocycles. The summed E-state index contributed by atoms with van der Waals surface area (Å²) in [5, 5.41) is 4.24. The van der Waals surface area contributed by atoms with Crippen molar-refractivity contribution < 1.29 is 4.79 Å². The highest BCUT2D eigenvalue weighted by atomic mass is 16.2. The fourth-order valence-electron chi connectivity index (χ4n) is 2.07. The lowest BCUT2D eigenvalue weighted by Gasteiger charge is -2.05. The minimum atomic E-state index is -0.0549. The molecule has 0 unspecified atom stereocenters. The molecule has 2 rings (SSSR count). The van der Waals surface area contributed by atoms with Crippen LogP contribution in [0.5, 0.6) is 0 Å². The highest BCUT2D eigenvalue weighted by Gasteiger charge is 2.03. The van der Waals surface area contributed by atoms with E-state index in [0.717, 1.165) is 29.7 Å². The van der Waals surface area contributed by atoms with Gasteiger partial charge in [-0.15, -0.1) is 0 Å². The van der Waals surface area contributed by atoms with Crippen molar-refractivity contribution >= 4 is 11.6 Å². The number of rotatable bonds is 6. The average molecular weight is 280 g/mol. The molecule has 0 atom stereocenters. The fraction of sp³-hybridized carbons (Fsp3) is 0.222. The van der Waals surface area contributed by atoms with Crippen LogP contribution in [-0.4, -0.2) is 11.6 Å². The predicted molar refractivity (Wildman–Crippen MR) is 86.2 cm³/mol. The monoisotopic (exact) mass is 280 g/mol. The summed E-state index contributed by atoms with van der Waals surface area (Å²) in [5.74, 6) is -0.0549. The van der Waals surface area contributed by atoms with Gasteiger partial charge in [-0.05, 0) is 24.0 Å². The molecular formula is C18H20N2O. The number of hydrogen-bond donors (Lipinski definition) is 1. The highest BCUT2D eigenvalue weighted by Crippen LogP contribution is 2.04. The van der Waals surface area contributed by atoms with E-state index in [0.29, 0.717) is 6.42 Å². The number of carbonyl (C=O) groups is 1. The largest absolute Gasteiger partial charge is 0.273 e. The zero-order valence-electron chi connectivity index (χ0n) is 12.3. The molecular weight excluding hydrogens is 260 g/mol. The minimum Gasteiger partial charge on any atom is -0.273 e. The van der Waals surface area contributed by atoms with Crippen LogP contribution in [0.4, 0.5) is 0 Å². The van der Waals surface area contributed by atoms with Crippen molar-refractivity contribution in [2.45, 2.75) is 26.2 Å². The summed E-state index contributed by atoms with van der Waals surface area (Å²) in [7, 11) is 0. The van der Waals surface area contributed by atoms with Crippen molar-refractivity contribution in [2.75, 3.05) is 0 Å². The fourth-order valence-corrected chi connectivity index (χ4v) is 2.07. The third-order valence-corrected chi connectivity index (χ3v) is 3.24. The van der Waals surface area contributed by atoms with Gasteiger partial charge in [0.1, 0.15) is 0 Å². The Hall–Kier alpha value is -2.42. The average Bonchev–Trinajstić information content (AvgIpc) is 2.55. The zero-order valence-corrected chi connectivity index (χ0v) is 12.3. The van der Waals surface area contributed by atoms with Crippen molar-refractivity contribution in [3.63, 3.8) is 0 Å². The molecule has 21 heavy (non-hydrogen) atoms. The van der Waals surface area contributed by atoms with E-state index < -0.39 is 0 Å². The minimum absolute atomic E-state index is 0.0549. The Labute approximate surface area is 125 Å². The quantitative estimate of drug-likeness (QED) is 0.638. The molecule has 2 aromatic carbocycles. The topological polar surface area (TPSA) is 41.5 Å². The molecule has 0 heterocycles. The molecule has 0 radical (unpaired) electrons. The Balaban J connectivity index is 1.88. The molecule has 0 fully saturated rings. The number of hydrogen-bond acceptors (Lipinski definition) is 2. The van der Waals surface area contributed by atoms with Crippen molar-refractivity contribution in [1.29, 1.82) is 0 Å². The van der Waals surface area contributed by atoms with Crippen molar-refractivity contribution in [2.24, 2.45) is 5.10 Å². The summed E-state index contributed by atoms with van der Waals surface area (Å²) in [5.41, 5.74) is 5.75. The van der Waals surface area contributed by atoms with E-state index in [2.05, 4.69) is 10.5 Å². The molecule has 0 aliphatic heterocycles. The van der Waals surface area contributed by atoms with Gasteiger partial charge in [-0.1, -0.05) is 67.6 Å². The highest BCUT2D eigenvalue weighted by molar-refractivity contribution is 6.00. The SMILES string of the molecule is CCC(=NNC(=O)CCc1ccccc1)c1ccccc1. The van der Waals surface area contributed by atoms with Gasteiger partial charge in [-0.2, -0.15) is 5.10 Å². The Morgan fingerprint density at radius 3 is 2.24 bits per heavy atom. The Morgan fingerprint density at radius 2 is 1.62 bits per heavy atom. The van der Waals surface area contributed by atoms with Gasteiger partial charge in [0.05, 0.1) is 5.71 Å². The van der Waals surface area contributed by atoms with Gasteiger partial charge in [0.25, 0.3) is 0 Å². The smallest absolute Gasteiger partial charge is 0.240 e. The standard InChI is InChI=1S/C18H20N2O/c1-2-17(16-11-7-4-8-12-16)19-20-18(21)14-13-15-9-5-3-6-10-15/h3-12H,2,13-14H2,1H3,(H,20,21). The summed E-state index contributed by atoms with van der Waals surface area (Å²) in [6, 6.07) is 19.9. The number of nitrogens with zero attached hydrogens (tertiary/aromatic N) is 1. The van der Waals surface area contributed by atoms with Gasteiger partial charge >= 0.3 is 0 Å². The second-order valence-electron chi connectivity index (χ2n) is 4.80. The lowest BCUT2D eigenvalue weighted by Crippen LogP contribution is -2.20. The molecule has 0 aromatic heterocycles. The first-order valence-electron chi connectivity index (χ1n) is 7.24. The first kappa shape index (κ1) is 15.0. The van der Waals surface area contributed by atoms with E-state index in [1.807, 2.05) is 67.6 Å². The first-order valence-corrected chi connectivity index (χ1v) is 7.24. The molecule has 0 bridgehead atoms. The Bertz CT molecular complexity index is 591. The van der Waals surface area contributed by atoms with Gasteiger partial charge in [0.2, 0.25) is 5.91 Å². The number of carbonyl (C=O) groups excluding carboxylic acids is 1. The van der Waals surface area contributed by atoms with Gasteiger partial charge in [0.15, 0.2) is 0 Å². The van der Waals surface area contributed by atoms with Crippen molar-refractivity contribution in [3.8, 4) is 0 Å². The lowest BCUT2D eigenvalue weighted by molar-refractivity contribution is -0.121. The van der Waals surface area contributed by atoms with Crippen LogP contribution in [0.2, 0.25) is 0 Å². The molecule has 0 spiro atoms. The van der Waals surface area contributed by atoms with Gasteiger partial charge in [0, 0.05) is 6.42 Å². The maximum absolute atomic E-state index is 11.8. The molecule has 1 amide bonds. The normalized spacial score (nSPS) is 11.2. The molecule has 2 aromatic rings. The van der Waals surface area contributed by atoms with Crippen LogP contribution in [0.1, 0.15) is 30.9 Å². The van der Waals surface area contributed by atoms with Crippen LogP contribution in [-0.2, 0) is 11.2 Å². The van der Waals surface area contributed by atoms with Crippen LogP contribution in [0.15, 0.2) is 65.8 Å². The summed E-state index contributed by atoms with van der Waals surface area (Å²) >= 11 is 0. The van der Waals surface area contributed by atoms with Crippen LogP contribution in [0.25, 0.3) is 0 Å². The molecule has 1 N–H and O–H groups in total. The zero-order chi connectivity index (χ0) is 14.9. The van der Waals surface area contributed by atoms with Gasteiger partial charge < -0.3 is 0 Å². The Morgan fingerprint density at radius 1 is 1.00 bits per heavy atom. The van der Waals surface area contributed by atoms with Crippen LogP contribution in [0.3, 0.4) is 0 Å². The van der Waals surface area contributed by atoms with E-state index >= 15 is 0 Å². The Kier molecular flexibility index (Phi) is 5.71. The summed E-state index contributed by atoms with van der Waals surface area (Å²) in [4.78, 5) is 11.8. The van der Waals surface area contributed by atoms with E-state index in [9.17, 15) is 4.79 Å². The van der Waals surface area contributed by atoms with Crippen LogP contribution >= 0.6 is 0 Å². The van der Waals surface area contributed by atoms with E-state index in [1.165, 1.54) is 0 Å². The molecule has 0 aliphatic rings. The molecule has 0 aliphatic carbocycles. The number of aryl methyl sites for hydroxylation is 1. The number of benzene rings is 2. The van der Waals surface area contributed by atoms with Crippen molar-refractivity contribution in [1.82, 2.24) is 5.43 Å². The summed E-state index contributed by atoms with van der Waals surface area (Å²) in [6.07, 6.45) is 1.96. The van der Waals surface area contributed by atoms with E-state index in [1.54, 1.807) is 0 Å². The van der Waals surface area contributed by atoms with E-state index in [4.69, 9.17) is 0 Å². The van der Waals surface area contributed by atoms with Gasteiger partial charge in [-0.3, -0.25) is 4.79 Å². The maximum Gasteiger partial charge on any atom is 0.240 e. The van der Waals surface area contributed by atoms with Crippen LogP contribution < -0.4 is 5.43 Å². The van der Waals surface area contributed by atoms with Gasteiger partial charge in [-0.25, -0.2) is 5.43 Å². The number of hydrazone groups is 1. The second kappa shape index (κ2) is 8.00. The molecule has 0 saturated heterocycles. The first-order chi connectivity index (χ1) is 10.3.